The Morgan fingerprint density at radius 2 is 1.50 bits per heavy atom. The van der Waals surface area contributed by atoms with Gasteiger partial charge in [-0.25, -0.2) is 0 Å². The summed E-state index contributed by atoms with van der Waals surface area (Å²) in [6, 6.07) is 0. The van der Waals surface area contributed by atoms with Crippen molar-refractivity contribution >= 4 is 0 Å². The van der Waals surface area contributed by atoms with E-state index in [9.17, 15) is 0 Å². The van der Waals surface area contributed by atoms with E-state index < -0.39 is 0 Å². The minimum Gasteiger partial charge on any atom is -0.327 e. The fourth-order valence-corrected chi connectivity index (χ4v) is 2.27. The summed E-state index contributed by atoms with van der Waals surface area (Å²) < 4.78 is 1.22. The first-order valence-electron chi connectivity index (χ1n) is 3.23. The SMILES string of the molecule is CC1(C)C[N+](C)(C)C1. The molecule has 1 aliphatic rings. The topological polar surface area (TPSA) is 0 Å². The summed E-state index contributed by atoms with van der Waals surface area (Å²) in [5, 5.41) is 0. The minimum atomic E-state index is 0.628. The molecule has 1 rings (SSSR count). The second-order valence-electron chi connectivity index (χ2n) is 4.42. The molecule has 0 atom stereocenters. The first-order chi connectivity index (χ1) is 3.41. The van der Waals surface area contributed by atoms with Crippen LogP contribution in [0.3, 0.4) is 0 Å². The summed E-state index contributed by atoms with van der Waals surface area (Å²) in [6.07, 6.45) is 0. The molecular formula is C7H16N+. The summed E-state index contributed by atoms with van der Waals surface area (Å²) in [7, 11) is 4.57. The number of quaternary nitrogens is 1. The number of rotatable bonds is 0. The van der Waals surface area contributed by atoms with Gasteiger partial charge in [-0.15, -0.1) is 0 Å². The molecule has 0 aromatic carbocycles. The van der Waals surface area contributed by atoms with E-state index in [1.807, 2.05) is 0 Å². The molecule has 1 nitrogen and oxygen atoms in total. The molecule has 0 amide bonds. The Morgan fingerprint density at radius 3 is 1.50 bits per heavy atom. The van der Waals surface area contributed by atoms with Crippen LogP contribution in [-0.2, 0) is 0 Å². The maximum Gasteiger partial charge on any atom is 0.0888 e. The molecule has 0 spiro atoms. The molecule has 0 N–H and O–H groups in total. The predicted octanol–water partition coefficient (Wildman–Crippen LogP) is 1.10. The van der Waals surface area contributed by atoms with Gasteiger partial charge in [0.15, 0.2) is 0 Å². The van der Waals surface area contributed by atoms with Crippen LogP contribution < -0.4 is 0 Å². The summed E-state index contributed by atoms with van der Waals surface area (Å²) in [4.78, 5) is 0. The molecule has 0 radical (unpaired) electrons. The maximum atomic E-state index is 2.33. The highest BCUT2D eigenvalue weighted by Gasteiger charge is 2.43. The Morgan fingerprint density at radius 1 is 1.12 bits per heavy atom. The van der Waals surface area contributed by atoms with Crippen molar-refractivity contribution in [3.05, 3.63) is 0 Å². The van der Waals surface area contributed by atoms with Crippen molar-refractivity contribution in [3.8, 4) is 0 Å². The molecule has 1 saturated heterocycles. The number of hydrogen-bond donors (Lipinski definition) is 0. The highest BCUT2D eigenvalue weighted by atomic mass is 15.4. The molecule has 1 heteroatoms. The van der Waals surface area contributed by atoms with Crippen LogP contribution in [0.5, 0.6) is 0 Å². The van der Waals surface area contributed by atoms with E-state index >= 15 is 0 Å². The van der Waals surface area contributed by atoms with Crippen molar-refractivity contribution in [2.45, 2.75) is 13.8 Å². The quantitative estimate of drug-likeness (QED) is 0.414. The van der Waals surface area contributed by atoms with Crippen molar-refractivity contribution in [2.24, 2.45) is 5.41 Å². The Bertz CT molecular complexity index is 81.0. The molecule has 0 aliphatic carbocycles. The lowest BCUT2D eigenvalue weighted by Crippen LogP contribution is -2.62. The van der Waals surface area contributed by atoms with Gasteiger partial charge >= 0.3 is 0 Å². The normalized spacial score (nSPS) is 31.5. The number of hydrogen-bond acceptors (Lipinski definition) is 0. The van der Waals surface area contributed by atoms with Gasteiger partial charge in [0.1, 0.15) is 0 Å². The lowest BCUT2D eigenvalue weighted by molar-refractivity contribution is -0.948. The van der Waals surface area contributed by atoms with Crippen LogP contribution in [0.25, 0.3) is 0 Å². The largest absolute Gasteiger partial charge is 0.327 e. The predicted molar refractivity (Wildman–Crippen MR) is 35.6 cm³/mol. The van der Waals surface area contributed by atoms with Gasteiger partial charge in [0, 0.05) is 0 Å². The average Bonchev–Trinajstić information content (AvgIpc) is 1.20. The lowest BCUT2D eigenvalue weighted by Gasteiger charge is -2.50. The number of nitrogens with zero attached hydrogens (tertiary/aromatic N) is 1. The Labute approximate surface area is 51.9 Å². The maximum absolute atomic E-state index is 2.33. The van der Waals surface area contributed by atoms with E-state index in [0.29, 0.717) is 5.41 Å². The number of likely N-dealkylation sites (tertiary alicyclic amines) is 1. The third kappa shape index (κ3) is 1.03. The monoisotopic (exact) mass is 114 g/mol. The fourth-order valence-electron chi connectivity index (χ4n) is 2.27. The second-order valence-corrected chi connectivity index (χ2v) is 4.42. The van der Waals surface area contributed by atoms with E-state index in [1.165, 1.54) is 17.6 Å². The molecule has 8 heavy (non-hydrogen) atoms. The third-order valence-electron chi connectivity index (χ3n) is 1.71. The van der Waals surface area contributed by atoms with Crippen LogP contribution in [0, 0.1) is 5.41 Å². The van der Waals surface area contributed by atoms with Crippen LogP contribution >= 0.6 is 0 Å². The van der Waals surface area contributed by atoms with Gasteiger partial charge in [-0.2, -0.15) is 0 Å². The van der Waals surface area contributed by atoms with Gasteiger partial charge in [0.05, 0.1) is 32.6 Å². The van der Waals surface area contributed by atoms with Gasteiger partial charge < -0.3 is 4.48 Å². The van der Waals surface area contributed by atoms with Gasteiger partial charge in [-0.05, 0) is 13.8 Å². The summed E-state index contributed by atoms with van der Waals surface area (Å²) in [6.45, 7) is 7.34. The Hall–Kier alpha value is -0.0400. The smallest absolute Gasteiger partial charge is 0.0888 e. The van der Waals surface area contributed by atoms with Gasteiger partial charge in [0.2, 0.25) is 0 Å². The van der Waals surface area contributed by atoms with Gasteiger partial charge in [-0.1, -0.05) is 0 Å². The molecule has 0 bridgehead atoms. The molecule has 0 unspecified atom stereocenters. The van der Waals surface area contributed by atoms with Crippen molar-refractivity contribution in [1.29, 1.82) is 0 Å². The minimum absolute atomic E-state index is 0.628. The van der Waals surface area contributed by atoms with Gasteiger partial charge in [-0.3, -0.25) is 0 Å². The molecule has 0 aromatic heterocycles. The Kier molecular flexibility index (Phi) is 0.965. The van der Waals surface area contributed by atoms with Crippen molar-refractivity contribution in [2.75, 3.05) is 27.2 Å². The van der Waals surface area contributed by atoms with Crippen LogP contribution in [0.1, 0.15) is 13.8 Å². The molecular weight excluding hydrogens is 98.1 g/mol. The van der Waals surface area contributed by atoms with Crippen LogP contribution in [0.15, 0.2) is 0 Å². The average molecular weight is 114 g/mol. The first kappa shape index (κ1) is 6.09. The highest BCUT2D eigenvalue weighted by molar-refractivity contribution is 4.74. The lowest BCUT2D eigenvalue weighted by atomic mass is 9.83. The highest BCUT2D eigenvalue weighted by Crippen LogP contribution is 2.32. The van der Waals surface area contributed by atoms with Gasteiger partial charge in [0.25, 0.3) is 0 Å². The van der Waals surface area contributed by atoms with Crippen molar-refractivity contribution < 1.29 is 4.48 Å². The van der Waals surface area contributed by atoms with Crippen LogP contribution in [0.2, 0.25) is 0 Å². The molecule has 0 saturated carbocycles. The first-order valence-corrected chi connectivity index (χ1v) is 3.23. The van der Waals surface area contributed by atoms with Crippen LogP contribution in [-0.4, -0.2) is 31.7 Å². The van der Waals surface area contributed by atoms with E-state index in [1.54, 1.807) is 0 Å². The summed E-state index contributed by atoms with van der Waals surface area (Å²) in [5.74, 6) is 0. The second kappa shape index (κ2) is 1.27. The van der Waals surface area contributed by atoms with Crippen molar-refractivity contribution in [3.63, 3.8) is 0 Å². The summed E-state index contributed by atoms with van der Waals surface area (Å²) >= 11 is 0. The molecule has 1 heterocycles. The molecule has 0 aromatic rings. The summed E-state index contributed by atoms with van der Waals surface area (Å²) in [5.41, 5.74) is 0.628. The van der Waals surface area contributed by atoms with E-state index in [0.717, 1.165) is 0 Å². The zero-order valence-corrected chi connectivity index (χ0v) is 6.36. The fraction of sp³-hybridized carbons (Fsp3) is 1.00. The van der Waals surface area contributed by atoms with Crippen molar-refractivity contribution in [1.82, 2.24) is 0 Å². The standard InChI is InChI=1S/C7H16N/c1-7(2)5-8(3,4)6-7/h5-6H2,1-4H3/q+1. The molecule has 1 fully saturated rings. The van der Waals surface area contributed by atoms with E-state index in [-0.39, 0.29) is 0 Å². The van der Waals surface area contributed by atoms with Crippen LogP contribution in [0.4, 0.5) is 0 Å². The zero-order valence-electron chi connectivity index (χ0n) is 6.36. The third-order valence-corrected chi connectivity index (χ3v) is 1.71. The molecule has 1 aliphatic heterocycles. The Balaban J connectivity index is 2.42. The zero-order chi connectivity index (χ0) is 6.41. The van der Waals surface area contributed by atoms with E-state index in [2.05, 4.69) is 27.9 Å². The molecule has 48 valence electrons. The van der Waals surface area contributed by atoms with E-state index in [4.69, 9.17) is 0 Å².